The first-order valence-corrected chi connectivity index (χ1v) is 8.81. The number of carbonyl (C=O) groups is 1. The molecule has 0 aliphatic heterocycles. The van der Waals surface area contributed by atoms with Gasteiger partial charge in [0.15, 0.2) is 6.61 Å². The Kier molecular flexibility index (Phi) is 7.02. The summed E-state index contributed by atoms with van der Waals surface area (Å²) in [6, 6.07) is 7.24. The number of rotatable bonds is 8. The van der Waals surface area contributed by atoms with Gasteiger partial charge in [-0.1, -0.05) is 26.0 Å². The summed E-state index contributed by atoms with van der Waals surface area (Å²) in [5.41, 5.74) is 2.30. The quantitative estimate of drug-likeness (QED) is 0.380. The minimum atomic E-state index is -0.959. The molecule has 0 heterocycles. The van der Waals surface area contributed by atoms with Crippen molar-refractivity contribution in [1.82, 2.24) is 5.43 Å². The molecule has 0 aliphatic carbocycles. The average molecular weight is 416 g/mol. The topological polar surface area (TPSA) is 157 Å². The van der Waals surface area contributed by atoms with Crippen molar-refractivity contribution in [3.8, 4) is 11.5 Å². The number of hydrogen-bond acceptors (Lipinski definition) is 8. The van der Waals surface area contributed by atoms with Crippen LogP contribution in [0.2, 0.25) is 0 Å². The molecule has 0 fully saturated rings. The third-order valence-corrected chi connectivity index (χ3v) is 4.14. The predicted molar refractivity (Wildman–Crippen MR) is 108 cm³/mol. The molecule has 2 N–H and O–H groups in total. The van der Waals surface area contributed by atoms with Crippen LogP contribution in [0.4, 0.5) is 11.4 Å². The van der Waals surface area contributed by atoms with Crippen LogP contribution in [0, 0.1) is 27.2 Å². The molecule has 11 nitrogen and oxygen atoms in total. The summed E-state index contributed by atoms with van der Waals surface area (Å²) in [4.78, 5) is 32.0. The maximum atomic E-state index is 11.9. The standard InChI is InChI=1S/C19H20N4O7/c1-11(2)13-5-4-12(3)17(7-13)30-10-18(24)21-20-9-14-6-15(22(26)27)8-16(19(14)25)23(28)29/h4-9,11,25H,10H2,1-3H3,(H,21,24). The minimum Gasteiger partial charge on any atom is -0.502 e. The Morgan fingerprint density at radius 2 is 1.93 bits per heavy atom. The molecule has 0 atom stereocenters. The van der Waals surface area contributed by atoms with Crippen LogP contribution in [0.25, 0.3) is 0 Å². The van der Waals surface area contributed by atoms with Gasteiger partial charge < -0.3 is 9.84 Å². The number of phenolic OH excluding ortho intramolecular Hbond substituents is 1. The predicted octanol–water partition coefficient (Wildman–Crippen LogP) is 3.17. The van der Waals surface area contributed by atoms with Gasteiger partial charge in [0.2, 0.25) is 5.75 Å². The molecular weight excluding hydrogens is 396 g/mol. The first-order chi connectivity index (χ1) is 14.1. The molecule has 158 valence electrons. The minimum absolute atomic E-state index is 0.290. The van der Waals surface area contributed by atoms with E-state index in [1.807, 2.05) is 39.0 Å². The fraction of sp³-hybridized carbons (Fsp3) is 0.263. The van der Waals surface area contributed by atoms with Gasteiger partial charge in [0.1, 0.15) is 5.75 Å². The summed E-state index contributed by atoms with van der Waals surface area (Å²) < 4.78 is 5.50. The third-order valence-electron chi connectivity index (χ3n) is 4.14. The molecular formula is C19H20N4O7. The Bertz CT molecular complexity index is 1020. The molecule has 0 spiro atoms. The van der Waals surface area contributed by atoms with E-state index < -0.39 is 32.9 Å². The van der Waals surface area contributed by atoms with Crippen molar-refractivity contribution in [1.29, 1.82) is 0 Å². The first-order valence-electron chi connectivity index (χ1n) is 8.81. The lowest BCUT2D eigenvalue weighted by Crippen LogP contribution is -2.24. The van der Waals surface area contributed by atoms with Crippen LogP contribution in [-0.4, -0.2) is 33.7 Å². The summed E-state index contributed by atoms with van der Waals surface area (Å²) in [6.45, 7) is 5.56. The van der Waals surface area contributed by atoms with E-state index in [1.165, 1.54) is 0 Å². The highest BCUT2D eigenvalue weighted by molar-refractivity contribution is 5.88. The smallest absolute Gasteiger partial charge is 0.318 e. The second-order valence-electron chi connectivity index (χ2n) is 6.68. The van der Waals surface area contributed by atoms with Gasteiger partial charge in [-0.05, 0) is 30.0 Å². The van der Waals surface area contributed by atoms with E-state index in [1.54, 1.807) is 0 Å². The zero-order valence-electron chi connectivity index (χ0n) is 16.5. The van der Waals surface area contributed by atoms with Crippen LogP contribution < -0.4 is 10.2 Å². The van der Waals surface area contributed by atoms with Crippen molar-refractivity contribution in [2.75, 3.05) is 6.61 Å². The number of phenols is 1. The van der Waals surface area contributed by atoms with Crippen molar-refractivity contribution >= 4 is 23.5 Å². The number of amides is 1. The van der Waals surface area contributed by atoms with Crippen LogP contribution in [0.15, 0.2) is 35.4 Å². The molecule has 0 aliphatic rings. The Morgan fingerprint density at radius 1 is 1.23 bits per heavy atom. The number of hydrogen-bond donors (Lipinski definition) is 2. The molecule has 0 aromatic heterocycles. The molecule has 30 heavy (non-hydrogen) atoms. The van der Waals surface area contributed by atoms with Crippen molar-refractivity contribution in [2.24, 2.45) is 5.10 Å². The van der Waals surface area contributed by atoms with Gasteiger partial charge in [0, 0.05) is 6.07 Å². The molecule has 0 radical (unpaired) electrons. The fourth-order valence-corrected chi connectivity index (χ4v) is 2.45. The van der Waals surface area contributed by atoms with E-state index in [9.17, 15) is 30.1 Å². The van der Waals surface area contributed by atoms with E-state index in [0.717, 1.165) is 23.4 Å². The lowest BCUT2D eigenvalue weighted by atomic mass is 10.0. The van der Waals surface area contributed by atoms with Gasteiger partial charge >= 0.3 is 5.69 Å². The van der Waals surface area contributed by atoms with Crippen molar-refractivity contribution in [3.63, 3.8) is 0 Å². The van der Waals surface area contributed by atoms with Crippen LogP contribution >= 0.6 is 0 Å². The fourth-order valence-electron chi connectivity index (χ4n) is 2.45. The second-order valence-corrected chi connectivity index (χ2v) is 6.68. The van der Waals surface area contributed by atoms with Gasteiger partial charge in [-0.2, -0.15) is 5.10 Å². The van der Waals surface area contributed by atoms with Gasteiger partial charge in [-0.15, -0.1) is 0 Å². The van der Waals surface area contributed by atoms with E-state index in [2.05, 4.69) is 10.5 Å². The normalized spacial score (nSPS) is 10.9. The summed E-state index contributed by atoms with van der Waals surface area (Å²) in [5, 5.41) is 35.3. The third kappa shape index (κ3) is 5.50. The molecule has 0 saturated carbocycles. The van der Waals surface area contributed by atoms with Crippen molar-refractivity contribution in [3.05, 3.63) is 67.3 Å². The molecule has 2 aromatic carbocycles. The number of nitrogens with zero attached hydrogens (tertiary/aromatic N) is 3. The van der Waals surface area contributed by atoms with E-state index >= 15 is 0 Å². The largest absolute Gasteiger partial charge is 0.502 e. The molecule has 11 heteroatoms. The number of hydrazone groups is 1. The van der Waals surface area contributed by atoms with Crippen LogP contribution in [0.1, 0.15) is 36.5 Å². The van der Waals surface area contributed by atoms with E-state index in [-0.39, 0.29) is 18.1 Å². The zero-order chi connectivity index (χ0) is 22.4. The number of ether oxygens (including phenoxy) is 1. The number of benzene rings is 2. The Morgan fingerprint density at radius 3 is 2.53 bits per heavy atom. The van der Waals surface area contributed by atoms with Gasteiger partial charge in [0.05, 0.1) is 27.7 Å². The average Bonchev–Trinajstić information content (AvgIpc) is 2.67. The SMILES string of the molecule is Cc1ccc(C(C)C)cc1OCC(=O)NN=Cc1cc([N+](=O)[O-])cc([N+](=O)[O-])c1O. The monoisotopic (exact) mass is 416 g/mol. The molecule has 2 rings (SSSR count). The summed E-state index contributed by atoms with van der Waals surface area (Å²) >= 11 is 0. The zero-order valence-corrected chi connectivity index (χ0v) is 16.5. The molecule has 0 unspecified atom stereocenters. The van der Waals surface area contributed by atoms with Gasteiger partial charge in [-0.3, -0.25) is 25.0 Å². The Labute approximate surface area is 171 Å². The first kappa shape index (κ1) is 22.3. The number of aromatic hydroxyl groups is 1. The molecule has 0 bridgehead atoms. The summed E-state index contributed by atoms with van der Waals surface area (Å²) in [7, 11) is 0. The number of nitrogens with one attached hydrogen (secondary N) is 1. The number of carbonyl (C=O) groups excluding carboxylic acids is 1. The highest BCUT2D eigenvalue weighted by Crippen LogP contribution is 2.33. The highest BCUT2D eigenvalue weighted by atomic mass is 16.6. The summed E-state index contributed by atoms with van der Waals surface area (Å²) in [5.74, 6) is -0.591. The number of non-ortho nitro benzene ring substituents is 1. The Balaban J connectivity index is 2.07. The number of aryl methyl sites for hydroxylation is 1. The maximum absolute atomic E-state index is 11.9. The van der Waals surface area contributed by atoms with Gasteiger partial charge in [0.25, 0.3) is 11.6 Å². The van der Waals surface area contributed by atoms with Crippen molar-refractivity contribution in [2.45, 2.75) is 26.7 Å². The second kappa shape index (κ2) is 9.45. The highest BCUT2D eigenvalue weighted by Gasteiger charge is 2.23. The van der Waals surface area contributed by atoms with E-state index in [4.69, 9.17) is 4.74 Å². The van der Waals surface area contributed by atoms with Crippen LogP contribution in [0.3, 0.4) is 0 Å². The lowest BCUT2D eigenvalue weighted by Gasteiger charge is -2.12. The number of nitro benzene ring substituents is 2. The summed E-state index contributed by atoms with van der Waals surface area (Å²) in [6.07, 6.45) is 0.873. The van der Waals surface area contributed by atoms with E-state index in [0.29, 0.717) is 11.8 Å². The maximum Gasteiger partial charge on any atom is 0.318 e. The van der Waals surface area contributed by atoms with Crippen LogP contribution in [-0.2, 0) is 4.79 Å². The van der Waals surface area contributed by atoms with Crippen LogP contribution in [0.5, 0.6) is 11.5 Å². The number of nitro groups is 2. The molecule has 1 amide bonds. The van der Waals surface area contributed by atoms with Gasteiger partial charge in [-0.25, -0.2) is 5.43 Å². The Hall–Kier alpha value is -4.02. The van der Waals surface area contributed by atoms with Crippen molar-refractivity contribution < 1.29 is 24.5 Å². The molecule has 0 saturated heterocycles. The lowest BCUT2D eigenvalue weighted by molar-refractivity contribution is -0.394. The molecule has 2 aromatic rings.